The number of hydrogen-bond acceptors (Lipinski definition) is 4. The lowest BCUT2D eigenvalue weighted by atomic mass is 9.95. The molecule has 0 spiro atoms. The molecule has 0 aliphatic rings. The molecule has 9 heteroatoms. The molecular formula is C24H22F3NO4S. The minimum atomic E-state index is -4.55. The number of sulfonamides is 1. The Bertz CT molecular complexity index is 1300. The van der Waals surface area contributed by atoms with Crippen LogP contribution in [0.1, 0.15) is 34.0 Å². The van der Waals surface area contributed by atoms with Gasteiger partial charge in [-0.15, -0.1) is 0 Å². The Morgan fingerprint density at radius 1 is 1.00 bits per heavy atom. The summed E-state index contributed by atoms with van der Waals surface area (Å²) in [5.74, 6) is -0.129. The molecular weight excluding hydrogens is 455 g/mol. The lowest BCUT2D eigenvalue weighted by molar-refractivity contribution is -0.137. The number of ketones is 1. The van der Waals surface area contributed by atoms with E-state index in [0.29, 0.717) is 11.1 Å². The number of carbonyl (C=O) groups excluding carboxylic acids is 1. The summed E-state index contributed by atoms with van der Waals surface area (Å²) in [6, 6.07) is 13.9. The number of carbonyl (C=O) groups is 1. The van der Waals surface area contributed by atoms with E-state index in [0.717, 1.165) is 6.07 Å². The maximum absolute atomic E-state index is 13.5. The molecule has 0 aromatic heterocycles. The molecule has 0 heterocycles. The smallest absolute Gasteiger partial charge is 0.417 e. The van der Waals surface area contributed by atoms with Crippen LogP contribution in [0, 0.1) is 6.92 Å². The summed E-state index contributed by atoms with van der Waals surface area (Å²) >= 11 is 0. The van der Waals surface area contributed by atoms with Crippen LogP contribution in [0.15, 0.2) is 65.6 Å². The number of ether oxygens (including phenoxy) is 1. The van der Waals surface area contributed by atoms with Crippen LogP contribution in [-0.4, -0.2) is 20.8 Å². The molecule has 3 aromatic rings. The van der Waals surface area contributed by atoms with Gasteiger partial charge in [-0.3, -0.25) is 4.79 Å². The van der Waals surface area contributed by atoms with Crippen molar-refractivity contribution in [2.75, 3.05) is 6.61 Å². The molecule has 0 fully saturated rings. The fourth-order valence-electron chi connectivity index (χ4n) is 3.59. The summed E-state index contributed by atoms with van der Waals surface area (Å²) < 4.78 is 69.2. The largest absolute Gasteiger partial charge is 0.493 e. The molecule has 0 unspecified atom stereocenters. The number of benzene rings is 3. The number of nitrogens with two attached hydrogens (primary N) is 1. The quantitative estimate of drug-likeness (QED) is 0.477. The van der Waals surface area contributed by atoms with Crippen LogP contribution < -0.4 is 9.88 Å². The normalized spacial score (nSPS) is 11.9. The van der Waals surface area contributed by atoms with E-state index < -0.39 is 21.8 Å². The Morgan fingerprint density at radius 3 is 2.30 bits per heavy atom. The Hall–Kier alpha value is -3.17. The van der Waals surface area contributed by atoms with Crippen molar-refractivity contribution in [3.05, 3.63) is 82.9 Å². The molecule has 0 saturated carbocycles. The third-order valence-corrected chi connectivity index (χ3v) is 6.11. The van der Waals surface area contributed by atoms with Gasteiger partial charge in [-0.05, 0) is 54.8 Å². The minimum absolute atomic E-state index is 0.0231. The van der Waals surface area contributed by atoms with Gasteiger partial charge in [0.05, 0.1) is 17.1 Å². The highest BCUT2D eigenvalue weighted by Gasteiger charge is 2.34. The van der Waals surface area contributed by atoms with E-state index >= 15 is 0 Å². The molecule has 0 bridgehead atoms. The molecule has 2 N–H and O–H groups in total. The second kappa shape index (κ2) is 9.36. The number of rotatable bonds is 7. The van der Waals surface area contributed by atoms with E-state index in [9.17, 15) is 26.4 Å². The standard InChI is InChI=1S/C24H22F3NO4S/c1-3-32-22-14-17(9-10-19(22)18-6-4-5-7-20(18)24(25,26)27)21(29)13-16-8-11-23(15(2)12-16)33(28,30)31/h4-12,14H,3,13H2,1-2H3,(H2,28,30,31). The Kier molecular flexibility index (Phi) is 6.94. The molecule has 5 nitrogen and oxygen atoms in total. The van der Waals surface area contributed by atoms with Gasteiger partial charge < -0.3 is 4.74 Å². The average Bonchev–Trinajstić information content (AvgIpc) is 2.72. The summed E-state index contributed by atoms with van der Waals surface area (Å²) in [7, 11) is -3.87. The fourth-order valence-corrected chi connectivity index (χ4v) is 4.35. The SMILES string of the molecule is CCOc1cc(C(=O)Cc2ccc(S(N)(=O)=O)c(C)c2)ccc1-c1ccccc1C(F)(F)F. The van der Waals surface area contributed by atoms with Gasteiger partial charge in [-0.1, -0.05) is 36.4 Å². The molecule has 0 aliphatic heterocycles. The van der Waals surface area contributed by atoms with Crippen molar-refractivity contribution < 1.29 is 31.1 Å². The van der Waals surface area contributed by atoms with Crippen molar-refractivity contribution >= 4 is 15.8 Å². The van der Waals surface area contributed by atoms with E-state index in [2.05, 4.69) is 0 Å². The van der Waals surface area contributed by atoms with Gasteiger partial charge in [0.25, 0.3) is 0 Å². The third-order valence-electron chi connectivity index (χ3n) is 5.04. The molecule has 174 valence electrons. The zero-order valence-electron chi connectivity index (χ0n) is 17.9. The molecule has 0 aliphatic carbocycles. The van der Waals surface area contributed by atoms with Crippen LogP contribution in [-0.2, 0) is 22.6 Å². The van der Waals surface area contributed by atoms with Gasteiger partial charge in [0.1, 0.15) is 5.75 Å². The lowest BCUT2D eigenvalue weighted by Crippen LogP contribution is -2.14. The molecule has 0 amide bonds. The van der Waals surface area contributed by atoms with Gasteiger partial charge in [0.2, 0.25) is 10.0 Å². The second-order valence-electron chi connectivity index (χ2n) is 7.43. The number of primary sulfonamides is 1. The number of Topliss-reactive ketones (excluding diaryl/α,β-unsaturated/α-hetero) is 1. The highest BCUT2D eigenvalue weighted by atomic mass is 32.2. The number of alkyl halides is 3. The van der Waals surface area contributed by atoms with E-state index in [-0.39, 0.29) is 46.1 Å². The number of halogens is 3. The van der Waals surface area contributed by atoms with Crippen molar-refractivity contribution in [2.24, 2.45) is 5.14 Å². The predicted octanol–water partition coefficient (Wildman–Crippen LogP) is 5.15. The first kappa shape index (κ1) is 24.5. The average molecular weight is 478 g/mol. The van der Waals surface area contributed by atoms with Gasteiger partial charge in [-0.25, -0.2) is 13.6 Å². The Balaban J connectivity index is 1.96. The van der Waals surface area contributed by atoms with Crippen LogP contribution in [0.3, 0.4) is 0 Å². The summed E-state index contributed by atoms with van der Waals surface area (Å²) in [6.07, 6.45) is -4.58. The first-order valence-corrected chi connectivity index (χ1v) is 11.6. The van der Waals surface area contributed by atoms with Gasteiger partial charge in [0, 0.05) is 17.5 Å². The molecule has 3 aromatic carbocycles. The highest BCUT2D eigenvalue weighted by Crippen LogP contribution is 2.40. The highest BCUT2D eigenvalue weighted by molar-refractivity contribution is 7.89. The van der Waals surface area contributed by atoms with Crippen molar-refractivity contribution in [1.82, 2.24) is 0 Å². The second-order valence-corrected chi connectivity index (χ2v) is 8.96. The molecule has 0 atom stereocenters. The molecule has 33 heavy (non-hydrogen) atoms. The zero-order chi connectivity index (χ0) is 24.4. The van der Waals surface area contributed by atoms with Crippen LogP contribution in [0.2, 0.25) is 0 Å². The molecule has 3 rings (SSSR count). The van der Waals surface area contributed by atoms with E-state index in [1.165, 1.54) is 48.5 Å². The van der Waals surface area contributed by atoms with E-state index in [1.54, 1.807) is 19.9 Å². The summed E-state index contributed by atoms with van der Waals surface area (Å²) in [4.78, 5) is 12.8. The van der Waals surface area contributed by atoms with Gasteiger partial charge in [0.15, 0.2) is 5.78 Å². The Morgan fingerprint density at radius 2 is 1.70 bits per heavy atom. The molecule has 0 radical (unpaired) electrons. The summed E-state index contributed by atoms with van der Waals surface area (Å²) in [6.45, 7) is 3.48. The van der Waals surface area contributed by atoms with E-state index in [4.69, 9.17) is 9.88 Å². The summed E-state index contributed by atoms with van der Waals surface area (Å²) in [5.41, 5.74) is 0.651. The lowest BCUT2D eigenvalue weighted by Gasteiger charge is -2.17. The maximum Gasteiger partial charge on any atom is 0.417 e. The zero-order valence-corrected chi connectivity index (χ0v) is 18.8. The maximum atomic E-state index is 13.5. The topological polar surface area (TPSA) is 86.5 Å². The first-order chi connectivity index (χ1) is 15.4. The van der Waals surface area contributed by atoms with Crippen LogP contribution in [0.5, 0.6) is 5.75 Å². The van der Waals surface area contributed by atoms with Crippen LogP contribution in [0.4, 0.5) is 13.2 Å². The summed E-state index contributed by atoms with van der Waals surface area (Å²) in [5, 5.41) is 5.17. The first-order valence-electron chi connectivity index (χ1n) is 10.0. The van der Waals surface area contributed by atoms with Crippen molar-refractivity contribution in [2.45, 2.75) is 31.3 Å². The van der Waals surface area contributed by atoms with Crippen molar-refractivity contribution in [1.29, 1.82) is 0 Å². The van der Waals surface area contributed by atoms with Crippen molar-refractivity contribution in [3.8, 4) is 16.9 Å². The van der Waals surface area contributed by atoms with Crippen LogP contribution >= 0.6 is 0 Å². The van der Waals surface area contributed by atoms with E-state index in [1.807, 2.05) is 0 Å². The Labute approximate surface area is 190 Å². The van der Waals surface area contributed by atoms with Gasteiger partial charge in [-0.2, -0.15) is 13.2 Å². The molecule has 0 saturated heterocycles. The van der Waals surface area contributed by atoms with Crippen LogP contribution in [0.25, 0.3) is 11.1 Å². The minimum Gasteiger partial charge on any atom is -0.493 e. The number of aryl methyl sites for hydroxylation is 1. The number of hydrogen-bond donors (Lipinski definition) is 1. The van der Waals surface area contributed by atoms with Gasteiger partial charge >= 0.3 is 6.18 Å². The fraction of sp³-hybridized carbons (Fsp3) is 0.208. The monoisotopic (exact) mass is 477 g/mol. The van der Waals surface area contributed by atoms with Crippen molar-refractivity contribution in [3.63, 3.8) is 0 Å². The third kappa shape index (κ3) is 5.61. The predicted molar refractivity (Wildman–Crippen MR) is 119 cm³/mol.